The molecule has 0 aliphatic rings. The molecule has 2 N–H and O–H groups in total. The quantitative estimate of drug-likeness (QED) is 0.122. The predicted octanol–water partition coefficient (Wildman–Crippen LogP) is 6.42. The van der Waals surface area contributed by atoms with Crippen LogP contribution in [0.1, 0.15) is 43.3 Å². The van der Waals surface area contributed by atoms with Gasteiger partial charge >= 0.3 is 5.97 Å². The number of aromatic nitrogens is 1. The fraction of sp³-hybridized carbons (Fsp3) is 0.143. The Morgan fingerprint density at radius 2 is 1.63 bits per heavy atom. The van der Waals surface area contributed by atoms with E-state index in [1.54, 1.807) is 60.7 Å². The second-order valence-electron chi connectivity index (χ2n) is 9.98. The van der Waals surface area contributed by atoms with E-state index in [0.717, 1.165) is 22.6 Å². The number of benzene rings is 4. The number of carboxylic acid groups (broad SMARTS) is 1. The van der Waals surface area contributed by atoms with E-state index in [2.05, 4.69) is 10.3 Å². The highest BCUT2D eigenvalue weighted by Crippen LogP contribution is 2.24. The molecule has 0 saturated carbocycles. The second kappa shape index (κ2) is 13.4. The molecule has 1 aromatic heterocycles. The highest BCUT2D eigenvalue weighted by molar-refractivity contribution is 6.12. The molecule has 0 spiro atoms. The first-order valence-corrected chi connectivity index (χ1v) is 13.8. The summed E-state index contributed by atoms with van der Waals surface area (Å²) >= 11 is 0. The molecule has 8 nitrogen and oxygen atoms in total. The van der Waals surface area contributed by atoms with Crippen LogP contribution >= 0.6 is 0 Å². The van der Waals surface area contributed by atoms with Crippen molar-refractivity contribution in [1.29, 1.82) is 0 Å². The molecule has 5 aromatic rings. The summed E-state index contributed by atoms with van der Waals surface area (Å²) in [7, 11) is 0. The highest BCUT2D eigenvalue weighted by atomic mass is 16.5. The zero-order valence-corrected chi connectivity index (χ0v) is 23.5. The minimum absolute atomic E-state index is 0.187. The summed E-state index contributed by atoms with van der Waals surface area (Å²) in [5.74, 6) is 0.673. The van der Waals surface area contributed by atoms with Crippen LogP contribution < -0.4 is 10.1 Å². The van der Waals surface area contributed by atoms with Crippen LogP contribution in [0.4, 0.5) is 5.69 Å². The first kappa shape index (κ1) is 29.0. The zero-order valence-electron chi connectivity index (χ0n) is 23.5. The molecule has 0 bridgehead atoms. The maximum atomic E-state index is 13.2. The summed E-state index contributed by atoms with van der Waals surface area (Å²) in [6.07, 6.45) is 1.47. The third-order valence-electron chi connectivity index (χ3n) is 6.99. The minimum atomic E-state index is -1.05. The molecule has 0 radical (unpaired) electrons. The lowest BCUT2D eigenvalue weighted by atomic mass is 9.99. The number of aryl methyl sites for hydroxylation is 1. The molecule has 0 aliphatic heterocycles. The number of carbonyl (C=O) groups is 3. The molecule has 1 unspecified atom stereocenters. The molecule has 0 aliphatic carbocycles. The summed E-state index contributed by atoms with van der Waals surface area (Å²) in [6.45, 7) is 2.29. The lowest BCUT2D eigenvalue weighted by molar-refractivity contribution is -0.137. The first-order valence-electron chi connectivity index (χ1n) is 13.8. The average Bonchev–Trinajstić information content (AvgIpc) is 3.42. The maximum absolute atomic E-state index is 13.2. The number of ketones is 1. The Morgan fingerprint density at radius 3 is 2.33 bits per heavy atom. The number of para-hydroxylation sites is 1. The Hall–Kier alpha value is -5.50. The third kappa shape index (κ3) is 7.23. The van der Waals surface area contributed by atoms with Crippen LogP contribution in [0, 0.1) is 6.92 Å². The number of aldehydes is 1. The van der Waals surface area contributed by atoms with Crippen LogP contribution in [-0.2, 0) is 17.6 Å². The van der Waals surface area contributed by atoms with Crippen molar-refractivity contribution in [3.05, 3.63) is 137 Å². The minimum Gasteiger partial charge on any atom is -0.493 e. The van der Waals surface area contributed by atoms with Crippen molar-refractivity contribution >= 4 is 23.7 Å². The fourth-order valence-electron chi connectivity index (χ4n) is 4.65. The normalized spacial score (nSPS) is 11.5. The third-order valence-corrected chi connectivity index (χ3v) is 6.99. The van der Waals surface area contributed by atoms with Crippen molar-refractivity contribution in [1.82, 2.24) is 4.98 Å². The van der Waals surface area contributed by atoms with Crippen molar-refractivity contribution in [3.8, 4) is 17.2 Å². The van der Waals surface area contributed by atoms with Crippen molar-refractivity contribution in [2.24, 2.45) is 0 Å². The smallest absolute Gasteiger partial charge is 0.326 e. The molecule has 8 heteroatoms. The zero-order chi connectivity index (χ0) is 30.2. The van der Waals surface area contributed by atoms with E-state index in [-0.39, 0.29) is 12.2 Å². The number of aliphatic carboxylic acids is 1. The lowest BCUT2D eigenvalue weighted by Gasteiger charge is -2.18. The van der Waals surface area contributed by atoms with E-state index >= 15 is 0 Å². The molecule has 43 heavy (non-hydrogen) atoms. The monoisotopic (exact) mass is 574 g/mol. The van der Waals surface area contributed by atoms with Gasteiger partial charge in [0.1, 0.15) is 23.8 Å². The number of hydrogen-bond acceptors (Lipinski definition) is 7. The van der Waals surface area contributed by atoms with Crippen LogP contribution in [0.2, 0.25) is 0 Å². The van der Waals surface area contributed by atoms with E-state index in [4.69, 9.17) is 9.15 Å². The van der Waals surface area contributed by atoms with E-state index in [1.807, 2.05) is 49.4 Å². The second-order valence-corrected chi connectivity index (χ2v) is 9.98. The maximum Gasteiger partial charge on any atom is 0.326 e. The van der Waals surface area contributed by atoms with Gasteiger partial charge in [0.25, 0.3) is 0 Å². The number of anilines is 1. The highest BCUT2D eigenvalue weighted by Gasteiger charge is 2.21. The number of rotatable bonds is 13. The SMILES string of the molecule is Cc1oc(-c2ccccc2)nc1CCOc1ccc(CC(Nc2ccccc2C(=O)c2ccc(C=O)cc2)C(=O)O)cc1. The molecule has 0 fully saturated rings. The first-order chi connectivity index (χ1) is 20.9. The molecule has 5 rings (SSSR count). The van der Waals surface area contributed by atoms with Gasteiger partial charge in [-0.15, -0.1) is 0 Å². The average molecular weight is 575 g/mol. The largest absolute Gasteiger partial charge is 0.493 e. The summed E-state index contributed by atoms with van der Waals surface area (Å²) < 4.78 is 11.7. The van der Waals surface area contributed by atoms with Crippen molar-refractivity contribution in [3.63, 3.8) is 0 Å². The lowest BCUT2D eigenvalue weighted by Crippen LogP contribution is -2.32. The van der Waals surface area contributed by atoms with Gasteiger partial charge in [0.05, 0.1) is 12.3 Å². The van der Waals surface area contributed by atoms with Crippen LogP contribution in [-0.4, -0.2) is 40.8 Å². The van der Waals surface area contributed by atoms with Gasteiger partial charge in [0, 0.05) is 40.8 Å². The van der Waals surface area contributed by atoms with Crippen LogP contribution in [0.25, 0.3) is 11.5 Å². The number of carbonyl (C=O) groups excluding carboxylic acids is 2. The van der Waals surface area contributed by atoms with Gasteiger partial charge < -0.3 is 19.6 Å². The number of oxazole rings is 1. The van der Waals surface area contributed by atoms with E-state index in [1.165, 1.54) is 0 Å². The summed E-state index contributed by atoms with van der Waals surface area (Å²) in [6, 6.07) is 29.1. The van der Waals surface area contributed by atoms with Gasteiger partial charge in [-0.25, -0.2) is 9.78 Å². The Labute approximate surface area is 249 Å². The van der Waals surface area contributed by atoms with E-state index in [9.17, 15) is 19.5 Å². The van der Waals surface area contributed by atoms with E-state index in [0.29, 0.717) is 53.3 Å². The summed E-state index contributed by atoms with van der Waals surface area (Å²) in [4.78, 5) is 40.9. The molecule has 0 amide bonds. The van der Waals surface area contributed by atoms with Gasteiger partial charge in [-0.2, -0.15) is 0 Å². The standard InChI is InChI=1S/C35H30N2O6/c1-23-30(37-34(43-23)27-7-3-2-4-8-27)19-20-42-28-17-13-24(14-18-28)21-32(35(40)41)36-31-10-6-5-9-29(31)33(39)26-15-11-25(22-38)12-16-26/h2-18,22,32,36H,19-21H2,1H3,(H,40,41). The predicted molar refractivity (Wildman–Crippen MR) is 163 cm³/mol. The van der Waals surface area contributed by atoms with Crippen LogP contribution in [0.5, 0.6) is 5.75 Å². The molecule has 0 saturated heterocycles. The van der Waals surface area contributed by atoms with Crippen molar-refractivity contribution < 1.29 is 28.6 Å². The Bertz CT molecular complexity index is 1710. The number of ether oxygens (including phenoxy) is 1. The number of nitrogens with zero attached hydrogens (tertiary/aromatic N) is 1. The van der Waals surface area contributed by atoms with Gasteiger partial charge in [0.2, 0.25) is 5.89 Å². The molecule has 216 valence electrons. The Kier molecular flexibility index (Phi) is 9.07. The van der Waals surface area contributed by atoms with E-state index < -0.39 is 12.0 Å². The van der Waals surface area contributed by atoms with Gasteiger partial charge in [-0.3, -0.25) is 9.59 Å². The molecular formula is C35H30N2O6. The van der Waals surface area contributed by atoms with Crippen LogP contribution in [0.3, 0.4) is 0 Å². The molecular weight excluding hydrogens is 544 g/mol. The molecule has 4 aromatic carbocycles. The van der Waals surface area contributed by atoms with Gasteiger partial charge in [-0.05, 0) is 48.9 Å². The topological polar surface area (TPSA) is 119 Å². The molecule has 1 atom stereocenters. The summed E-state index contributed by atoms with van der Waals surface area (Å²) in [5, 5.41) is 13.0. The number of carboxylic acids is 1. The summed E-state index contributed by atoms with van der Waals surface area (Å²) in [5.41, 5.74) is 4.17. The number of nitrogens with one attached hydrogen (secondary N) is 1. The van der Waals surface area contributed by atoms with Crippen LogP contribution in [0.15, 0.2) is 108 Å². The Morgan fingerprint density at radius 1 is 0.930 bits per heavy atom. The molecule has 1 heterocycles. The number of hydrogen-bond donors (Lipinski definition) is 2. The fourth-order valence-corrected chi connectivity index (χ4v) is 4.65. The Balaban J connectivity index is 1.20. The van der Waals surface area contributed by atoms with Crippen molar-refractivity contribution in [2.75, 3.05) is 11.9 Å². The van der Waals surface area contributed by atoms with Gasteiger partial charge in [0.15, 0.2) is 5.78 Å². The van der Waals surface area contributed by atoms with Crippen molar-refractivity contribution in [2.45, 2.75) is 25.8 Å². The van der Waals surface area contributed by atoms with Gasteiger partial charge in [-0.1, -0.05) is 66.7 Å².